The fourth-order valence-corrected chi connectivity index (χ4v) is 1.90. The summed E-state index contributed by atoms with van der Waals surface area (Å²) in [5.74, 6) is -0.203. The van der Waals surface area contributed by atoms with Gasteiger partial charge in [0, 0.05) is 18.7 Å². The maximum atomic E-state index is 11.6. The van der Waals surface area contributed by atoms with Gasteiger partial charge in [0.1, 0.15) is 0 Å². The average Bonchev–Trinajstić information content (AvgIpc) is 2.19. The summed E-state index contributed by atoms with van der Waals surface area (Å²) in [5, 5.41) is 2.32. The summed E-state index contributed by atoms with van der Waals surface area (Å²) >= 11 is 0. The van der Waals surface area contributed by atoms with E-state index in [1.54, 1.807) is 4.90 Å². The van der Waals surface area contributed by atoms with Crippen LogP contribution in [0.15, 0.2) is 18.2 Å². The van der Waals surface area contributed by atoms with Gasteiger partial charge in [-0.25, -0.2) is 4.79 Å². The summed E-state index contributed by atoms with van der Waals surface area (Å²) in [6.45, 7) is 4.43. The molecule has 4 nitrogen and oxygen atoms in total. The number of nitrogens with zero attached hydrogens (tertiary/aromatic N) is 1. The van der Waals surface area contributed by atoms with E-state index in [4.69, 9.17) is 0 Å². The molecular weight excluding hydrogens is 204 g/mol. The van der Waals surface area contributed by atoms with E-state index in [9.17, 15) is 9.59 Å². The van der Waals surface area contributed by atoms with Crippen molar-refractivity contribution in [2.24, 2.45) is 0 Å². The molecule has 0 bridgehead atoms. The molecule has 16 heavy (non-hydrogen) atoms. The molecule has 1 fully saturated rings. The fourth-order valence-electron chi connectivity index (χ4n) is 1.90. The SMILES string of the molecule is Cc1ccc(N2CCC(=O)NC2=O)c(C)c1. The predicted octanol–water partition coefficient (Wildman–Crippen LogP) is 1.75. The molecule has 0 atom stereocenters. The number of carbonyl (C=O) groups is 2. The van der Waals surface area contributed by atoms with E-state index >= 15 is 0 Å². The molecular formula is C12H14N2O2. The number of aryl methyl sites for hydroxylation is 2. The third kappa shape index (κ3) is 1.91. The molecule has 1 heterocycles. The summed E-state index contributed by atoms with van der Waals surface area (Å²) in [4.78, 5) is 24.3. The summed E-state index contributed by atoms with van der Waals surface area (Å²) in [6.07, 6.45) is 0.360. The first-order chi connectivity index (χ1) is 7.58. The van der Waals surface area contributed by atoms with Crippen LogP contribution in [0.25, 0.3) is 0 Å². The molecule has 1 saturated heterocycles. The lowest BCUT2D eigenvalue weighted by Crippen LogP contribution is -2.49. The topological polar surface area (TPSA) is 49.4 Å². The van der Waals surface area contributed by atoms with Gasteiger partial charge in [0.25, 0.3) is 0 Å². The first kappa shape index (κ1) is 10.7. The van der Waals surface area contributed by atoms with Crippen molar-refractivity contribution in [2.75, 3.05) is 11.4 Å². The van der Waals surface area contributed by atoms with Crippen molar-refractivity contribution >= 4 is 17.6 Å². The summed E-state index contributed by atoms with van der Waals surface area (Å²) in [6, 6.07) is 5.58. The summed E-state index contributed by atoms with van der Waals surface area (Å²) in [5.41, 5.74) is 3.08. The van der Waals surface area contributed by atoms with Gasteiger partial charge in [0.15, 0.2) is 0 Å². The number of amides is 3. The minimum Gasteiger partial charge on any atom is -0.293 e. The van der Waals surface area contributed by atoms with Crippen molar-refractivity contribution in [3.63, 3.8) is 0 Å². The Labute approximate surface area is 94.2 Å². The fraction of sp³-hybridized carbons (Fsp3) is 0.333. The van der Waals surface area contributed by atoms with Crippen molar-refractivity contribution in [3.8, 4) is 0 Å². The van der Waals surface area contributed by atoms with Crippen LogP contribution in [0.5, 0.6) is 0 Å². The Kier molecular flexibility index (Phi) is 2.64. The van der Waals surface area contributed by atoms with Crippen LogP contribution in [0.2, 0.25) is 0 Å². The number of hydrogen-bond acceptors (Lipinski definition) is 2. The molecule has 0 unspecified atom stereocenters. The minimum absolute atomic E-state index is 0.203. The Morgan fingerprint density at radius 1 is 1.25 bits per heavy atom. The minimum atomic E-state index is -0.330. The highest BCUT2D eigenvalue weighted by Gasteiger charge is 2.24. The number of benzene rings is 1. The maximum Gasteiger partial charge on any atom is 0.328 e. The second kappa shape index (κ2) is 3.96. The van der Waals surface area contributed by atoms with Crippen LogP contribution in [0.4, 0.5) is 10.5 Å². The Morgan fingerprint density at radius 2 is 2.00 bits per heavy atom. The Balaban J connectivity index is 2.30. The zero-order valence-corrected chi connectivity index (χ0v) is 9.41. The van der Waals surface area contributed by atoms with Gasteiger partial charge in [-0.3, -0.25) is 15.0 Å². The van der Waals surface area contributed by atoms with Gasteiger partial charge in [-0.05, 0) is 25.5 Å². The van der Waals surface area contributed by atoms with Crippen LogP contribution in [0.1, 0.15) is 17.5 Å². The molecule has 0 aliphatic carbocycles. The van der Waals surface area contributed by atoms with E-state index in [-0.39, 0.29) is 11.9 Å². The van der Waals surface area contributed by atoms with Crippen LogP contribution in [-0.4, -0.2) is 18.5 Å². The molecule has 1 aliphatic heterocycles. The summed E-state index contributed by atoms with van der Waals surface area (Å²) < 4.78 is 0. The van der Waals surface area contributed by atoms with Crippen molar-refractivity contribution in [1.82, 2.24) is 5.32 Å². The highest BCUT2D eigenvalue weighted by molar-refractivity contribution is 6.05. The lowest BCUT2D eigenvalue weighted by Gasteiger charge is -2.27. The standard InChI is InChI=1S/C12H14N2O2/c1-8-3-4-10(9(2)7-8)14-6-5-11(15)13-12(14)16/h3-4,7H,5-6H2,1-2H3,(H,13,15,16). The smallest absolute Gasteiger partial charge is 0.293 e. The van der Waals surface area contributed by atoms with E-state index in [1.165, 1.54) is 0 Å². The number of carbonyl (C=O) groups excluding carboxylic acids is 2. The normalized spacial score (nSPS) is 16.2. The van der Waals surface area contributed by atoms with Crippen LogP contribution in [0.3, 0.4) is 0 Å². The highest BCUT2D eigenvalue weighted by atomic mass is 16.2. The third-order valence-corrected chi connectivity index (χ3v) is 2.70. The second-order valence-electron chi connectivity index (χ2n) is 4.04. The Bertz CT molecular complexity index is 454. The lowest BCUT2D eigenvalue weighted by molar-refractivity contribution is -0.120. The molecule has 1 aliphatic rings. The van der Waals surface area contributed by atoms with Gasteiger partial charge in [-0.15, -0.1) is 0 Å². The molecule has 0 spiro atoms. The van der Waals surface area contributed by atoms with Gasteiger partial charge in [0.05, 0.1) is 0 Å². The largest absolute Gasteiger partial charge is 0.328 e. The number of nitrogens with one attached hydrogen (secondary N) is 1. The highest BCUT2D eigenvalue weighted by Crippen LogP contribution is 2.22. The molecule has 0 saturated carbocycles. The van der Waals surface area contributed by atoms with Gasteiger partial charge in [-0.1, -0.05) is 17.7 Å². The molecule has 0 radical (unpaired) electrons. The predicted molar refractivity (Wildman–Crippen MR) is 61.4 cm³/mol. The average molecular weight is 218 g/mol. The molecule has 1 aromatic rings. The Hall–Kier alpha value is -1.84. The number of hydrogen-bond donors (Lipinski definition) is 1. The first-order valence-corrected chi connectivity index (χ1v) is 5.26. The lowest BCUT2D eigenvalue weighted by atomic mass is 10.1. The van der Waals surface area contributed by atoms with Crippen LogP contribution in [-0.2, 0) is 4.79 Å². The number of imide groups is 1. The number of urea groups is 1. The van der Waals surface area contributed by atoms with Crippen molar-refractivity contribution in [2.45, 2.75) is 20.3 Å². The van der Waals surface area contributed by atoms with Gasteiger partial charge >= 0.3 is 6.03 Å². The molecule has 2 rings (SSSR count). The van der Waals surface area contributed by atoms with Crippen LogP contribution >= 0.6 is 0 Å². The van der Waals surface area contributed by atoms with E-state index in [1.807, 2.05) is 32.0 Å². The van der Waals surface area contributed by atoms with Gasteiger partial charge in [-0.2, -0.15) is 0 Å². The van der Waals surface area contributed by atoms with Crippen LogP contribution in [0, 0.1) is 13.8 Å². The van der Waals surface area contributed by atoms with Crippen molar-refractivity contribution in [1.29, 1.82) is 0 Å². The van der Waals surface area contributed by atoms with Crippen LogP contribution < -0.4 is 10.2 Å². The van der Waals surface area contributed by atoms with Crippen molar-refractivity contribution < 1.29 is 9.59 Å². The van der Waals surface area contributed by atoms with Gasteiger partial charge in [0.2, 0.25) is 5.91 Å². The van der Waals surface area contributed by atoms with Gasteiger partial charge < -0.3 is 0 Å². The molecule has 4 heteroatoms. The quantitative estimate of drug-likeness (QED) is 0.780. The zero-order chi connectivity index (χ0) is 11.7. The third-order valence-electron chi connectivity index (χ3n) is 2.70. The first-order valence-electron chi connectivity index (χ1n) is 5.26. The maximum absolute atomic E-state index is 11.6. The zero-order valence-electron chi connectivity index (χ0n) is 9.41. The van der Waals surface area contributed by atoms with Crippen molar-refractivity contribution in [3.05, 3.63) is 29.3 Å². The Morgan fingerprint density at radius 3 is 2.62 bits per heavy atom. The molecule has 3 amide bonds. The summed E-state index contributed by atoms with van der Waals surface area (Å²) in [7, 11) is 0. The molecule has 1 N–H and O–H groups in total. The number of anilines is 1. The molecule has 1 aromatic carbocycles. The molecule has 84 valence electrons. The number of rotatable bonds is 1. The van der Waals surface area contributed by atoms with E-state index in [0.717, 1.165) is 16.8 Å². The van der Waals surface area contributed by atoms with E-state index in [0.29, 0.717) is 13.0 Å². The van der Waals surface area contributed by atoms with E-state index in [2.05, 4.69) is 5.32 Å². The second-order valence-corrected chi connectivity index (χ2v) is 4.04. The molecule has 0 aromatic heterocycles. The van der Waals surface area contributed by atoms with E-state index < -0.39 is 0 Å². The monoisotopic (exact) mass is 218 g/mol.